The van der Waals surface area contributed by atoms with Gasteiger partial charge in [-0.05, 0) is 19.3 Å². The van der Waals surface area contributed by atoms with Gasteiger partial charge in [-0.15, -0.1) is 0 Å². The van der Waals surface area contributed by atoms with E-state index < -0.39 is 0 Å². The van der Waals surface area contributed by atoms with Crippen molar-refractivity contribution in [2.75, 3.05) is 0 Å². The summed E-state index contributed by atoms with van der Waals surface area (Å²) in [6, 6.07) is 2.20. The van der Waals surface area contributed by atoms with Crippen LogP contribution in [-0.2, 0) is 0 Å². The van der Waals surface area contributed by atoms with E-state index >= 15 is 0 Å². The van der Waals surface area contributed by atoms with Crippen LogP contribution in [0.25, 0.3) is 0 Å². The standard InChI is InChI=1S/C11H17N/c1-3-5-6-8-11(7-4-2)9-10-12/h3,5-6,8,11H,4,7,9H2,1-2H3/b5-3+,8-6+. The molecule has 1 heteroatoms. The molecule has 0 bridgehead atoms. The highest BCUT2D eigenvalue weighted by molar-refractivity contribution is 5.04. The van der Waals surface area contributed by atoms with Crippen molar-refractivity contribution in [3.8, 4) is 6.07 Å². The van der Waals surface area contributed by atoms with Gasteiger partial charge in [-0.1, -0.05) is 37.6 Å². The summed E-state index contributed by atoms with van der Waals surface area (Å²) < 4.78 is 0. The Hall–Kier alpha value is -1.03. The molecule has 1 atom stereocenters. The molecule has 0 N–H and O–H groups in total. The third-order valence-corrected chi connectivity index (χ3v) is 1.70. The zero-order chi connectivity index (χ0) is 9.23. The van der Waals surface area contributed by atoms with E-state index in [9.17, 15) is 0 Å². The molecule has 12 heavy (non-hydrogen) atoms. The van der Waals surface area contributed by atoms with Crippen LogP contribution in [0.5, 0.6) is 0 Å². The quantitative estimate of drug-likeness (QED) is 0.569. The molecule has 0 spiro atoms. The molecule has 0 heterocycles. The Kier molecular flexibility index (Phi) is 7.38. The molecule has 0 aliphatic rings. The molecular formula is C11H17N. The van der Waals surface area contributed by atoms with E-state index in [2.05, 4.69) is 19.1 Å². The molecule has 0 saturated heterocycles. The van der Waals surface area contributed by atoms with Crippen LogP contribution >= 0.6 is 0 Å². The van der Waals surface area contributed by atoms with Crippen LogP contribution in [0.3, 0.4) is 0 Å². The van der Waals surface area contributed by atoms with Crippen LogP contribution in [0.4, 0.5) is 0 Å². The summed E-state index contributed by atoms with van der Waals surface area (Å²) in [7, 11) is 0. The van der Waals surface area contributed by atoms with E-state index in [0.29, 0.717) is 12.3 Å². The van der Waals surface area contributed by atoms with Crippen molar-refractivity contribution in [2.45, 2.75) is 33.1 Å². The summed E-state index contributed by atoms with van der Waals surface area (Å²) in [4.78, 5) is 0. The zero-order valence-corrected chi connectivity index (χ0v) is 7.96. The van der Waals surface area contributed by atoms with E-state index in [1.165, 1.54) is 0 Å². The second kappa shape index (κ2) is 8.07. The Bertz CT molecular complexity index is 184. The van der Waals surface area contributed by atoms with Crippen LogP contribution in [-0.4, -0.2) is 0 Å². The van der Waals surface area contributed by atoms with Gasteiger partial charge in [-0.3, -0.25) is 0 Å². The number of nitriles is 1. The fraction of sp³-hybridized carbons (Fsp3) is 0.545. The van der Waals surface area contributed by atoms with Gasteiger partial charge in [0.2, 0.25) is 0 Å². The van der Waals surface area contributed by atoms with Crippen molar-refractivity contribution < 1.29 is 0 Å². The van der Waals surface area contributed by atoms with Gasteiger partial charge in [0.05, 0.1) is 6.07 Å². The first-order valence-electron chi connectivity index (χ1n) is 4.51. The lowest BCUT2D eigenvalue weighted by Crippen LogP contribution is -1.93. The molecule has 0 radical (unpaired) electrons. The number of hydrogen-bond acceptors (Lipinski definition) is 1. The maximum Gasteiger partial charge on any atom is 0.0627 e. The van der Waals surface area contributed by atoms with Crippen molar-refractivity contribution >= 4 is 0 Å². The van der Waals surface area contributed by atoms with Gasteiger partial charge in [0, 0.05) is 6.42 Å². The second-order valence-electron chi connectivity index (χ2n) is 2.82. The molecule has 0 fully saturated rings. The third kappa shape index (κ3) is 5.73. The smallest absolute Gasteiger partial charge is 0.0627 e. The zero-order valence-electron chi connectivity index (χ0n) is 7.96. The normalized spacial score (nSPS) is 13.8. The predicted molar refractivity (Wildman–Crippen MR) is 52.6 cm³/mol. The first kappa shape index (κ1) is 11.0. The Morgan fingerprint density at radius 1 is 1.42 bits per heavy atom. The molecule has 1 unspecified atom stereocenters. The van der Waals surface area contributed by atoms with Crippen molar-refractivity contribution in [3.63, 3.8) is 0 Å². The minimum atomic E-state index is 0.441. The highest BCUT2D eigenvalue weighted by Gasteiger charge is 2.00. The van der Waals surface area contributed by atoms with E-state index in [1.807, 2.05) is 25.2 Å². The monoisotopic (exact) mass is 163 g/mol. The van der Waals surface area contributed by atoms with Crippen molar-refractivity contribution in [1.82, 2.24) is 0 Å². The molecule has 1 nitrogen and oxygen atoms in total. The molecule has 0 aromatic rings. The van der Waals surface area contributed by atoms with Gasteiger partial charge in [0.25, 0.3) is 0 Å². The minimum absolute atomic E-state index is 0.441. The topological polar surface area (TPSA) is 23.8 Å². The summed E-state index contributed by atoms with van der Waals surface area (Å²) >= 11 is 0. The molecule has 0 amide bonds. The molecule has 66 valence electrons. The van der Waals surface area contributed by atoms with Crippen molar-refractivity contribution in [3.05, 3.63) is 24.3 Å². The Labute approximate surface area is 75.4 Å². The number of hydrogen-bond donors (Lipinski definition) is 0. The van der Waals surface area contributed by atoms with Gasteiger partial charge in [0.15, 0.2) is 0 Å². The Morgan fingerprint density at radius 2 is 2.17 bits per heavy atom. The van der Waals surface area contributed by atoms with E-state index in [4.69, 9.17) is 5.26 Å². The van der Waals surface area contributed by atoms with Crippen LogP contribution in [0.2, 0.25) is 0 Å². The number of allylic oxidation sites excluding steroid dienone is 4. The minimum Gasteiger partial charge on any atom is -0.198 e. The van der Waals surface area contributed by atoms with Gasteiger partial charge < -0.3 is 0 Å². The lowest BCUT2D eigenvalue weighted by Gasteiger charge is -2.04. The number of rotatable bonds is 5. The molecule has 0 rings (SSSR count). The molecule has 0 aromatic carbocycles. The van der Waals surface area contributed by atoms with Gasteiger partial charge in [0.1, 0.15) is 0 Å². The maximum atomic E-state index is 8.52. The lowest BCUT2D eigenvalue weighted by atomic mass is 10.0. The van der Waals surface area contributed by atoms with Gasteiger partial charge in [-0.2, -0.15) is 5.26 Å². The maximum absolute atomic E-state index is 8.52. The summed E-state index contributed by atoms with van der Waals surface area (Å²) in [6.45, 7) is 4.14. The molecular weight excluding hydrogens is 146 g/mol. The lowest BCUT2D eigenvalue weighted by molar-refractivity contribution is 0.593. The highest BCUT2D eigenvalue weighted by atomic mass is 14.2. The number of nitrogens with zero attached hydrogens (tertiary/aromatic N) is 1. The second-order valence-corrected chi connectivity index (χ2v) is 2.82. The molecule has 0 saturated carbocycles. The Morgan fingerprint density at radius 3 is 2.67 bits per heavy atom. The Balaban J connectivity index is 3.86. The SMILES string of the molecule is C/C=C/C=C/C(CC#N)CCC. The van der Waals surface area contributed by atoms with Crippen molar-refractivity contribution in [2.24, 2.45) is 5.92 Å². The molecule has 0 aliphatic carbocycles. The molecule has 0 aromatic heterocycles. The van der Waals surface area contributed by atoms with Gasteiger partial charge >= 0.3 is 0 Å². The van der Waals surface area contributed by atoms with Crippen LogP contribution < -0.4 is 0 Å². The van der Waals surface area contributed by atoms with Crippen molar-refractivity contribution in [1.29, 1.82) is 5.26 Å². The summed E-state index contributed by atoms with van der Waals surface area (Å²) in [5.74, 6) is 0.441. The van der Waals surface area contributed by atoms with E-state index in [-0.39, 0.29) is 0 Å². The van der Waals surface area contributed by atoms with E-state index in [1.54, 1.807) is 0 Å². The van der Waals surface area contributed by atoms with Crippen LogP contribution in [0, 0.1) is 17.2 Å². The molecule has 0 aliphatic heterocycles. The average molecular weight is 163 g/mol. The first-order valence-corrected chi connectivity index (χ1v) is 4.51. The average Bonchev–Trinajstić information content (AvgIpc) is 2.06. The summed E-state index contributed by atoms with van der Waals surface area (Å²) in [6.07, 6.45) is 11.0. The summed E-state index contributed by atoms with van der Waals surface area (Å²) in [5, 5.41) is 8.52. The predicted octanol–water partition coefficient (Wildman–Crippen LogP) is 3.45. The fourth-order valence-electron chi connectivity index (χ4n) is 1.09. The highest BCUT2D eigenvalue weighted by Crippen LogP contribution is 2.11. The summed E-state index contributed by atoms with van der Waals surface area (Å²) in [5.41, 5.74) is 0. The first-order chi connectivity index (χ1) is 5.85. The largest absolute Gasteiger partial charge is 0.198 e. The van der Waals surface area contributed by atoms with Crippen LogP contribution in [0.15, 0.2) is 24.3 Å². The van der Waals surface area contributed by atoms with E-state index in [0.717, 1.165) is 12.8 Å². The van der Waals surface area contributed by atoms with Gasteiger partial charge in [-0.25, -0.2) is 0 Å². The van der Waals surface area contributed by atoms with Crippen LogP contribution in [0.1, 0.15) is 33.1 Å². The third-order valence-electron chi connectivity index (χ3n) is 1.70. The fourth-order valence-corrected chi connectivity index (χ4v) is 1.09.